The smallest absolute Gasteiger partial charge is 0.305 e. The number of rotatable bonds is 6. The Hall–Kier alpha value is -1.42. The van der Waals surface area contributed by atoms with Gasteiger partial charge in [-0.05, 0) is 37.1 Å². The Morgan fingerprint density at radius 1 is 1.47 bits per heavy atom. The molecule has 0 aliphatic carbocycles. The van der Waals surface area contributed by atoms with Crippen LogP contribution in [0.4, 0.5) is 4.39 Å². The number of halogens is 1. The maximum absolute atomic E-state index is 13.2. The topological polar surface area (TPSA) is 38.3 Å². The third kappa shape index (κ3) is 4.95. The number of ether oxygens (including phenoxy) is 1. The number of hydrogen-bond acceptors (Lipinski definition) is 3. The molecule has 0 heterocycles. The Morgan fingerprint density at radius 2 is 2.24 bits per heavy atom. The molecule has 0 aliphatic rings. The monoisotopic (exact) mass is 239 g/mol. The standard InChI is InChI=1S/C13H18FNO2/c1-10-5-6-11(8-12(10)14)9-15-7-3-4-13(16)17-2/h5-6,8,15H,3-4,7,9H2,1-2H3. The van der Waals surface area contributed by atoms with E-state index in [9.17, 15) is 9.18 Å². The lowest BCUT2D eigenvalue weighted by molar-refractivity contribution is -0.140. The normalized spacial score (nSPS) is 10.3. The van der Waals surface area contributed by atoms with E-state index < -0.39 is 0 Å². The number of methoxy groups -OCH3 is 1. The van der Waals surface area contributed by atoms with E-state index in [1.807, 2.05) is 6.07 Å². The summed E-state index contributed by atoms with van der Waals surface area (Å²) < 4.78 is 17.7. The lowest BCUT2D eigenvalue weighted by Crippen LogP contribution is -2.16. The molecule has 0 spiro atoms. The van der Waals surface area contributed by atoms with Gasteiger partial charge in [-0.2, -0.15) is 0 Å². The number of aryl methyl sites for hydroxylation is 1. The van der Waals surface area contributed by atoms with Crippen molar-refractivity contribution in [1.29, 1.82) is 0 Å². The highest BCUT2D eigenvalue weighted by molar-refractivity contribution is 5.69. The summed E-state index contributed by atoms with van der Waals surface area (Å²) in [4.78, 5) is 10.8. The van der Waals surface area contributed by atoms with Crippen LogP contribution in [0.3, 0.4) is 0 Å². The van der Waals surface area contributed by atoms with Crippen LogP contribution in [0.5, 0.6) is 0 Å². The van der Waals surface area contributed by atoms with Crippen LogP contribution in [0.2, 0.25) is 0 Å². The van der Waals surface area contributed by atoms with E-state index in [1.54, 1.807) is 13.0 Å². The largest absolute Gasteiger partial charge is 0.469 e. The number of carbonyl (C=O) groups is 1. The van der Waals surface area contributed by atoms with E-state index in [1.165, 1.54) is 13.2 Å². The first-order chi connectivity index (χ1) is 8.13. The molecule has 0 aliphatic heterocycles. The first-order valence-electron chi connectivity index (χ1n) is 5.66. The second-order valence-electron chi connectivity index (χ2n) is 3.94. The third-order valence-corrected chi connectivity index (χ3v) is 2.53. The molecule has 1 rings (SSSR count). The lowest BCUT2D eigenvalue weighted by Gasteiger charge is -2.05. The van der Waals surface area contributed by atoms with E-state index in [-0.39, 0.29) is 11.8 Å². The van der Waals surface area contributed by atoms with Gasteiger partial charge in [-0.1, -0.05) is 12.1 Å². The summed E-state index contributed by atoms with van der Waals surface area (Å²) >= 11 is 0. The maximum atomic E-state index is 13.2. The van der Waals surface area contributed by atoms with E-state index in [0.717, 1.165) is 12.0 Å². The maximum Gasteiger partial charge on any atom is 0.305 e. The van der Waals surface area contributed by atoms with Crippen LogP contribution in [-0.4, -0.2) is 19.6 Å². The summed E-state index contributed by atoms with van der Waals surface area (Å²) in [6.45, 7) is 3.06. The van der Waals surface area contributed by atoms with E-state index >= 15 is 0 Å². The van der Waals surface area contributed by atoms with Gasteiger partial charge in [0.15, 0.2) is 0 Å². The summed E-state index contributed by atoms with van der Waals surface area (Å²) in [5.74, 6) is -0.382. The van der Waals surface area contributed by atoms with Crippen LogP contribution in [0.15, 0.2) is 18.2 Å². The van der Waals surface area contributed by atoms with Crippen LogP contribution in [-0.2, 0) is 16.1 Å². The highest BCUT2D eigenvalue weighted by Gasteiger charge is 2.01. The van der Waals surface area contributed by atoms with Crippen molar-refractivity contribution < 1.29 is 13.9 Å². The van der Waals surface area contributed by atoms with Crippen molar-refractivity contribution in [2.24, 2.45) is 0 Å². The fourth-order valence-electron chi connectivity index (χ4n) is 1.44. The molecule has 4 heteroatoms. The fraction of sp³-hybridized carbons (Fsp3) is 0.462. The zero-order chi connectivity index (χ0) is 12.7. The lowest BCUT2D eigenvalue weighted by atomic mass is 10.1. The Kier molecular flexibility index (Phi) is 5.63. The highest BCUT2D eigenvalue weighted by atomic mass is 19.1. The van der Waals surface area contributed by atoms with Crippen molar-refractivity contribution in [2.45, 2.75) is 26.3 Å². The minimum Gasteiger partial charge on any atom is -0.469 e. The Balaban J connectivity index is 2.22. The Morgan fingerprint density at radius 3 is 2.88 bits per heavy atom. The molecule has 1 aromatic carbocycles. The molecule has 0 unspecified atom stereocenters. The number of carbonyl (C=O) groups excluding carboxylic acids is 1. The Bertz CT molecular complexity index is 380. The summed E-state index contributed by atoms with van der Waals surface area (Å²) in [6, 6.07) is 5.19. The fourth-order valence-corrected chi connectivity index (χ4v) is 1.44. The van der Waals surface area contributed by atoms with Crippen molar-refractivity contribution in [1.82, 2.24) is 5.32 Å². The molecule has 1 aromatic rings. The van der Waals surface area contributed by atoms with Crippen molar-refractivity contribution in [3.63, 3.8) is 0 Å². The zero-order valence-electron chi connectivity index (χ0n) is 10.3. The van der Waals surface area contributed by atoms with Gasteiger partial charge in [0.1, 0.15) is 5.82 Å². The average Bonchev–Trinajstić information content (AvgIpc) is 2.33. The molecule has 17 heavy (non-hydrogen) atoms. The molecule has 1 N–H and O–H groups in total. The second-order valence-corrected chi connectivity index (χ2v) is 3.94. The second kappa shape index (κ2) is 7.01. The molecule has 0 aromatic heterocycles. The SMILES string of the molecule is COC(=O)CCCNCc1ccc(C)c(F)c1. The van der Waals surface area contributed by atoms with Crippen molar-refractivity contribution >= 4 is 5.97 Å². The first-order valence-corrected chi connectivity index (χ1v) is 5.66. The molecule has 94 valence electrons. The number of benzene rings is 1. The zero-order valence-corrected chi connectivity index (χ0v) is 10.3. The van der Waals surface area contributed by atoms with E-state index in [2.05, 4.69) is 10.1 Å². The average molecular weight is 239 g/mol. The molecule has 0 saturated heterocycles. The van der Waals surface area contributed by atoms with Crippen LogP contribution < -0.4 is 5.32 Å². The van der Waals surface area contributed by atoms with Crippen LogP contribution in [0, 0.1) is 12.7 Å². The number of hydrogen-bond donors (Lipinski definition) is 1. The number of esters is 1. The summed E-state index contributed by atoms with van der Waals surface area (Å²) in [6.07, 6.45) is 1.13. The predicted octanol–water partition coefficient (Wildman–Crippen LogP) is 2.18. The minimum absolute atomic E-state index is 0.182. The molecule has 0 atom stereocenters. The molecule has 0 amide bonds. The molecule has 3 nitrogen and oxygen atoms in total. The highest BCUT2D eigenvalue weighted by Crippen LogP contribution is 2.08. The first kappa shape index (κ1) is 13.6. The van der Waals surface area contributed by atoms with Gasteiger partial charge in [0.05, 0.1) is 7.11 Å². The molecular formula is C13H18FNO2. The quantitative estimate of drug-likeness (QED) is 0.611. The molecule has 0 fully saturated rings. The van der Waals surface area contributed by atoms with Crippen molar-refractivity contribution in [3.05, 3.63) is 35.1 Å². The van der Waals surface area contributed by atoms with Gasteiger partial charge in [-0.15, -0.1) is 0 Å². The van der Waals surface area contributed by atoms with Gasteiger partial charge < -0.3 is 10.1 Å². The van der Waals surface area contributed by atoms with Gasteiger partial charge in [0, 0.05) is 13.0 Å². The minimum atomic E-state index is -0.201. The Labute approximate surface area is 101 Å². The predicted molar refractivity (Wildman–Crippen MR) is 64.1 cm³/mol. The van der Waals surface area contributed by atoms with Gasteiger partial charge in [-0.25, -0.2) is 4.39 Å². The third-order valence-electron chi connectivity index (χ3n) is 2.53. The van der Waals surface area contributed by atoms with Crippen LogP contribution in [0.25, 0.3) is 0 Å². The van der Waals surface area contributed by atoms with E-state index in [0.29, 0.717) is 25.1 Å². The molecule has 0 radical (unpaired) electrons. The molecule has 0 saturated carbocycles. The molecular weight excluding hydrogens is 221 g/mol. The van der Waals surface area contributed by atoms with Crippen molar-refractivity contribution in [2.75, 3.05) is 13.7 Å². The van der Waals surface area contributed by atoms with Gasteiger partial charge in [-0.3, -0.25) is 4.79 Å². The van der Waals surface area contributed by atoms with Crippen LogP contribution in [0.1, 0.15) is 24.0 Å². The van der Waals surface area contributed by atoms with Crippen LogP contribution >= 0.6 is 0 Å². The summed E-state index contributed by atoms with van der Waals surface area (Å²) in [5.41, 5.74) is 1.56. The van der Waals surface area contributed by atoms with Gasteiger partial charge >= 0.3 is 5.97 Å². The van der Waals surface area contributed by atoms with Gasteiger partial charge in [0.25, 0.3) is 0 Å². The van der Waals surface area contributed by atoms with E-state index in [4.69, 9.17) is 0 Å². The molecule has 0 bridgehead atoms. The summed E-state index contributed by atoms with van der Waals surface area (Å²) in [5, 5.41) is 3.15. The van der Waals surface area contributed by atoms with Crippen molar-refractivity contribution in [3.8, 4) is 0 Å². The summed E-state index contributed by atoms with van der Waals surface area (Å²) in [7, 11) is 1.38. The van der Waals surface area contributed by atoms with Gasteiger partial charge in [0.2, 0.25) is 0 Å². The number of nitrogens with one attached hydrogen (secondary N) is 1.